The summed E-state index contributed by atoms with van der Waals surface area (Å²) in [5.41, 5.74) is 0.828. The maximum absolute atomic E-state index is 14.1. The summed E-state index contributed by atoms with van der Waals surface area (Å²) in [7, 11) is 0. The Labute approximate surface area is 113 Å². The molecular weight excluding hydrogens is 243 g/mol. The van der Waals surface area contributed by atoms with E-state index in [0.29, 0.717) is 23.8 Å². The molecule has 0 heterocycles. The Morgan fingerprint density at radius 2 is 2.05 bits per heavy atom. The van der Waals surface area contributed by atoms with Crippen LogP contribution in [0.25, 0.3) is 0 Å². The molecule has 0 saturated heterocycles. The van der Waals surface area contributed by atoms with Crippen molar-refractivity contribution in [1.29, 1.82) is 5.26 Å². The number of aliphatic hydroxyl groups excluding tert-OH is 1. The highest BCUT2D eigenvalue weighted by atomic mass is 19.1. The number of nitriles is 1. The van der Waals surface area contributed by atoms with Gasteiger partial charge >= 0.3 is 0 Å². The predicted octanol–water partition coefficient (Wildman–Crippen LogP) is 2.83. The standard InChI is InChI=1S/C15H19FN2O/c16-14-10-12(11-17)6-7-15(14)18(8-9-19)13-4-2-1-3-5-13/h6-7,10,13,19H,1-5,8-9H2. The predicted molar refractivity (Wildman–Crippen MR) is 72.4 cm³/mol. The van der Waals surface area contributed by atoms with Crippen LogP contribution in [0.1, 0.15) is 37.7 Å². The molecule has 0 amide bonds. The van der Waals surface area contributed by atoms with Crippen molar-refractivity contribution in [2.45, 2.75) is 38.1 Å². The van der Waals surface area contributed by atoms with Gasteiger partial charge in [-0.25, -0.2) is 4.39 Å². The fourth-order valence-electron chi connectivity index (χ4n) is 2.81. The Hall–Kier alpha value is -1.60. The van der Waals surface area contributed by atoms with Gasteiger partial charge in [-0.05, 0) is 31.0 Å². The molecule has 102 valence electrons. The van der Waals surface area contributed by atoms with Gasteiger partial charge in [-0.15, -0.1) is 0 Å². The van der Waals surface area contributed by atoms with Gasteiger partial charge in [-0.1, -0.05) is 19.3 Å². The lowest BCUT2D eigenvalue weighted by Gasteiger charge is -2.36. The Morgan fingerprint density at radius 1 is 1.32 bits per heavy atom. The molecule has 0 aromatic heterocycles. The zero-order chi connectivity index (χ0) is 13.7. The van der Waals surface area contributed by atoms with Gasteiger partial charge in [-0.3, -0.25) is 0 Å². The summed E-state index contributed by atoms with van der Waals surface area (Å²) in [5, 5.41) is 18.0. The van der Waals surface area contributed by atoms with Crippen LogP contribution in [0.2, 0.25) is 0 Å². The second kappa shape index (κ2) is 6.53. The van der Waals surface area contributed by atoms with Crippen LogP contribution in [0.15, 0.2) is 18.2 Å². The van der Waals surface area contributed by atoms with Gasteiger partial charge in [0.05, 0.1) is 23.9 Å². The van der Waals surface area contributed by atoms with Gasteiger partial charge in [0.25, 0.3) is 0 Å². The highest BCUT2D eigenvalue weighted by Crippen LogP contribution is 2.29. The molecule has 1 aromatic rings. The molecular formula is C15H19FN2O. The third kappa shape index (κ3) is 3.24. The van der Waals surface area contributed by atoms with Crippen molar-refractivity contribution in [3.05, 3.63) is 29.6 Å². The zero-order valence-electron chi connectivity index (χ0n) is 11.0. The SMILES string of the molecule is N#Cc1ccc(N(CCO)C2CCCCC2)c(F)c1. The number of anilines is 1. The summed E-state index contributed by atoms with van der Waals surface area (Å²) in [6, 6.07) is 6.78. The quantitative estimate of drug-likeness (QED) is 0.907. The van der Waals surface area contributed by atoms with E-state index in [1.165, 1.54) is 12.5 Å². The van der Waals surface area contributed by atoms with E-state index in [9.17, 15) is 9.50 Å². The summed E-state index contributed by atoms with van der Waals surface area (Å²) in [4.78, 5) is 1.95. The number of rotatable bonds is 4. The molecule has 2 rings (SSSR count). The van der Waals surface area contributed by atoms with Crippen LogP contribution in [-0.4, -0.2) is 24.3 Å². The molecule has 0 unspecified atom stereocenters. The molecule has 0 atom stereocenters. The normalized spacial score (nSPS) is 16.1. The molecule has 0 bridgehead atoms. The van der Waals surface area contributed by atoms with Crippen LogP contribution in [-0.2, 0) is 0 Å². The number of halogens is 1. The van der Waals surface area contributed by atoms with Gasteiger partial charge in [-0.2, -0.15) is 5.26 Å². The summed E-state index contributed by atoms with van der Waals surface area (Å²) in [6.07, 6.45) is 5.63. The first-order valence-corrected chi connectivity index (χ1v) is 6.83. The summed E-state index contributed by atoms with van der Waals surface area (Å²) < 4.78 is 14.1. The first-order chi connectivity index (χ1) is 9.26. The smallest absolute Gasteiger partial charge is 0.147 e. The number of benzene rings is 1. The Bertz CT molecular complexity index is 464. The Balaban J connectivity index is 2.25. The average molecular weight is 262 g/mol. The van der Waals surface area contributed by atoms with E-state index in [4.69, 9.17) is 5.26 Å². The minimum atomic E-state index is -0.377. The lowest BCUT2D eigenvalue weighted by molar-refractivity contribution is 0.289. The first-order valence-electron chi connectivity index (χ1n) is 6.83. The molecule has 1 aromatic carbocycles. The van der Waals surface area contributed by atoms with E-state index < -0.39 is 0 Å². The molecule has 0 radical (unpaired) electrons. The maximum atomic E-state index is 14.1. The largest absolute Gasteiger partial charge is 0.395 e. The van der Waals surface area contributed by atoms with Crippen molar-refractivity contribution in [2.75, 3.05) is 18.1 Å². The second-order valence-corrected chi connectivity index (χ2v) is 4.99. The fraction of sp³-hybridized carbons (Fsp3) is 0.533. The maximum Gasteiger partial charge on any atom is 0.147 e. The van der Waals surface area contributed by atoms with Crippen LogP contribution >= 0.6 is 0 Å². The monoisotopic (exact) mass is 262 g/mol. The van der Waals surface area contributed by atoms with Crippen molar-refractivity contribution in [3.8, 4) is 6.07 Å². The summed E-state index contributed by atoms with van der Waals surface area (Å²) in [6.45, 7) is 0.448. The topological polar surface area (TPSA) is 47.3 Å². The van der Waals surface area contributed by atoms with Crippen molar-refractivity contribution in [3.63, 3.8) is 0 Å². The van der Waals surface area contributed by atoms with Crippen molar-refractivity contribution in [1.82, 2.24) is 0 Å². The van der Waals surface area contributed by atoms with Gasteiger partial charge in [0.1, 0.15) is 5.82 Å². The van der Waals surface area contributed by atoms with Gasteiger partial charge < -0.3 is 10.0 Å². The van der Waals surface area contributed by atoms with Crippen LogP contribution < -0.4 is 4.90 Å². The lowest BCUT2D eigenvalue weighted by Crippen LogP contribution is -2.39. The van der Waals surface area contributed by atoms with E-state index in [0.717, 1.165) is 25.7 Å². The molecule has 1 aliphatic rings. The molecule has 1 N–H and O–H groups in total. The molecule has 0 spiro atoms. The van der Waals surface area contributed by atoms with Crippen LogP contribution in [0, 0.1) is 17.1 Å². The highest BCUT2D eigenvalue weighted by molar-refractivity contribution is 5.52. The van der Waals surface area contributed by atoms with E-state index >= 15 is 0 Å². The average Bonchev–Trinajstić information content (AvgIpc) is 2.46. The third-order valence-corrected chi connectivity index (χ3v) is 3.74. The fourth-order valence-corrected chi connectivity index (χ4v) is 2.81. The third-order valence-electron chi connectivity index (χ3n) is 3.74. The van der Waals surface area contributed by atoms with Crippen molar-refractivity contribution < 1.29 is 9.50 Å². The Kier molecular flexibility index (Phi) is 4.75. The highest BCUT2D eigenvalue weighted by Gasteiger charge is 2.23. The minimum absolute atomic E-state index is 0.00986. The van der Waals surface area contributed by atoms with Crippen LogP contribution in [0.4, 0.5) is 10.1 Å². The molecule has 1 aliphatic carbocycles. The minimum Gasteiger partial charge on any atom is -0.395 e. The first kappa shape index (κ1) is 13.8. The van der Waals surface area contributed by atoms with Gasteiger partial charge in [0.15, 0.2) is 0 Å². The summed E-state index contributed by atoms with van der Waals surface area (Å²) in [5.74, 6) is -0.377. The number of nitrogens with zero attached hydrogens (tertiary/aromatic N) is 2. The molecule has 3 nitrogen and oxygen atoms in total. The summed E-state index contributed by atoms with van der Waals surface area (Å²) >= 11 is 0. The molecule has 1 fully saturated rings. The Morgan fingerprint density at radius 3 is 2.63 bits per heavy atom. The molecule has 4 heteroatoms. The van der Waals surface area contributed by atoms with E-state index in [1.54, 1.807) is 12.1 Å². The van der Waals surface area contributed by atoms with Crippen molar-refractivity contribution in [2.24, 2.45) is 0 Å². The number of hydrogen-bond donors (Lipinski definition) is 1. The van der Waals surface area contributed by atoms with Gasteiger partial charge in [0.2, 0.25) is 0 Å². The molecule has 19 heavy (non-hydrogen) atoms. The number of aliphatic hydroxyl groups is 1. The zero-order valence-corrected chi connectivity index (χ0v) is 11.0. The van der Waals surface area contributed by atoms with Crippen LogP contribution in [0.5, 0.6) is 0 Å². The van der Waals surface area contributed by atoms with Crippen molar-refractivity contribution >= 4 is 5.69 Å². The van der Waals surface area contributed by atoms with E-state index in [1.807, 2.05) is 11.0 Å². The van der Waals surface area contributed by atoms with Crippen LogP contribution in [0.3, 0.4) is 0 Å². The number of hydrogen-bond acceptors (Lipinski definition) is 3. The lowest BCUT2D eigenvalue weighted by atomic mass is 9.93. The second-order valence-electron chi connectivity index (χ2n) is 4.99. The van der Waals surface area contributed by atoms with E-state index in [2.05, 4.69) is 0 Å². The van der Waals surface area contributed by atoms with Gasteiger partial charge in [0, 0.05) is 12.6 Å². The van der Waals surface area contributed by atoms with E-state index in [-0.39, 0.29) is 12.4 Å². The molecule has 1 saturated carbocycles. The molecule has 0 aliphatic heterocycles.